The number of hydrogen-bond acceptors (Lipinski definition) is 4. The molecule has 0 aromatic heterocycles. The van der Waals surface area contributed by atoms with Crippen LogP contribution in [0, 0.1) is 13.8 Å². The summed E-state index contributed by atoms with van der Waals surface area (Å²) in [7, 11) is -2.90. The van der Waals surface area contributed by atoms with Crippen LogP contribution >= 0.6 is 0 Å². The summed E-state index contributed by atoms with van der Waals surface area (Å²) in [6, 6.07) is 4.72. The molecule has 27 heavy (non-hydrogen) atoms. The minimum Gasteiger partial charge on any atom is -0.377 e. The Labute approximate surface area is 165 Å². The molecule has 0 bridgehead atoms. The average molecular weight is 394 g/mol. The summed E-state index contributed by atoms with van der Waals surface area (Å²) in [4.78, 5) is 2.38. The second-order valence-corrected chi connectivity index (χ2v) is 11.7. The van der Waals surface area contributed by atoms with Gasteiger partial charge >= 0.3 is 0 Å². The van der Waals surface area contributed by atoms with Crippen LogP contribution in [0.1, 0.15) is 62.3 Å². The zero-order valence-corrected chi connectivity index (χ0v) is 18.4. The Bertz CT molecular complexity index is 750. The molecular formula is C22H35NO3S. The van der Waals surface area contributed by atoms with Gasteiger partial charge < -0.3 is 4.74 Å². The number of sulfone groups is 1. The highest BCUT2D eigenvalue weighted by Gasteiger charge is 2.34. The van der Waals surface area contributed by atoms with Gasteiger partial charge in [0.25, 0.3) is 0 Å². The highest BCUT2D eigenvalue weighted by Crippen LogP contribution is 2.29. The van der Waals surface area contributed by atoms with Crippen molar-refractivity contribution in [1.29, 1.82) is 0 Å². The van der Waals surface area contributed by atoms with Crippen LogP contribution < -0.4 is 0 Å². The lowest BCUT2D eigenvalue weighted by Crippen LogP contribution is -2.41. The van der Waals surface area contributed by atoms with Crippen molar-refractivity contribution >= 4 is 9.84 Å². The van der Waals surface area contributed by atoms with E-state index in [0.717, 1.165) is 39.0 Å². The molecule has 1 aromatic carbocycles. The fourth-order valence-electron chi connectivity index (χ4n) is 4.33. The Morgan fingerprint density at radius 3 is 2.30 bits per heavy atom. The van der Waals surface area contributed by atoms with Gasteiger partial charge in [-0.25, -0.2) is 8.42 Å². The third kappa shape index (κ3) is 5.12. The van der Waals surface area contributed by atoms with Gasteiger partial charge in [-0.1, -0.05) is 32.9 Å². The first-order chi connectivity index (χ1) is 12.5. The summed E-state index contributed by atoms with van der Waals surface area (Å²) in [5.74, 6) is 0.610. The molecule has 2 aliphatic rings. The maximum absolute atomic E-state index is 12.1. The van der Waals surface area contributed by atoms with E-state index in [1.54, 1.807) is 0 Å². The van der Waals surface area contributed by atoms with Gasteiger partial charge in [0.1, 0.15) is 0 Å². The van der Waals surface area contributed by atoms with E-state index < -0.39 is 9.84 Å². The van der Waals surface area contributed by atoms with E-state index in [4.69, 9.17) is 4.74 Å². The number of aryl methyl sites for hydroxylation is 2. The molecule has 0 N–H and O–H groups in total. The Hall–Kier alpha value is -0.910. The maximum Gasteiger partial charge on any atom is 0.151 e. The van der Waals surface area contributed by atoms with Gasteiger partial charge in [-0.2, -0.15) is 0 Å². The van der Waals surface area contributed by atoms with Crippen LogP contribution in [-0.4, -0.2) is 50.1 Å². The van der Waals surface area contributed by atoms with Crippen LogP contribution in [0.3, 0.4) is 0 Å². The molecule has 0 aliphatic carbocycles. The molecule has 5 heteroatoms. The van der Waals surface area contributed by atoms with Crippen LogP contribution in [-0.2, 0) is 26.5 Å². The monoisotopic (exact) mass is 393 g/mol. The minimum absolute atomic E-state index is 0.111. The smallest absolute Gasteiger partial charge is 0.151 e. The van der Waals surface area contributed by atoms with Crippen molar-refractivity contribution < 1.29 is 13.2 Å². The number of ether oxygens (including phenoxy) is 1. The highest BCUT2D eigenvalue weighted by atomic mass is 32.2. The summed E-state index contributed by atoms with van der Waals surface area (Å²) >= 11 is 0. The zero-order valence-electron chi connectivity index (χ0n) is 17.5. The predicted octanol–water partition coefficient (Wildman–Crippen LogP) is 3.77. The van der Waals surface area contributed by atoms with E-state index in [1.807, 2.05) is 0 Å². The molecule has 2 saturated heterocycles. The summed E-state index contributed by atoms with van der Waals surface area (Å²) in [5.41, 5.74) is 5.43. The molecule has 2 heterocycles. The van der Waals surface area contributed by atoms with E-state index in [-0.39, 0.29) is 23.3 Å². The molecule has 2 atom stereocenters. The molecule has 152 valence electrons. The molecule has 2 fully saturated rings. The van der Waals surface area contributed by atoms with Crippen molar-refractivity contribution in [3.8, 4) is 0 Å². The summed E-state index contributed by atoms with van der Waals surface area (Å²) in [6.45, 7) is 13.6. The van der Waals surface area contributed by atoms with Crippen LogP contribution in [0.2, 0.25) is 0 Å². The fraction of sp³-hybridized carbons (Fsp3) is 0.727. The van der Waals surface area contributed by atoms with Gasteiger partial charge in [0.2, 0.25) is 0 Å². The molecule has 0 amide bonds. The molecule has 2 unspecified atom stereocenters. The molecule has 0 spiro atoms. The Balaban J connectivity index is 1.85. The van der Waals surface area contributed by atoms with Crippen LogP contribution in [0.4, 0.5) is 0 Å². The van der Waals surface area contributed by atoms with E-state index in [1.165, 1.54) is 22.3 Å². The first kappa shape index (κ1) is 20.8. The summed E-state index contributed by atoms with van der Waals surface area (Å²) in [5, 5.41) is 0. The second-order valence-electron chi connectivity index (χ2n) is 9.46. The van der Waals surface area contributed by atoms with Crippen molar-refractivity contribution in [1.82, 2.24) is 4.90 Å². The summed E-state index contributed by atoms with van der Waals surface area (Å²) < 4.78 is 30.0. The van der Waals surface area contributed by atoms with E-state index in [9.17, 15) is 8.42 Å². The van der Waals surface area contributed by atoms with Gasteiger partial charge in [0, 0.05) is 25.7 Å². The van der Waals surface area contributed by atoms with Gasteiger partial charge in [-0.3, -0.25) is 4.90 Å². The van der Waals surface area contributed by atoms with Gasteiger partial charge in [0.05, 0.1) is 17.6 Å². The molecule has 0 saturated carbocycles. The van der Waals surface area contributed by atoms with Gasteiger partial charge in [-0.05, 0) is 60.8 Å². The van der Waals surface area contributed by atoms with Gasteiger partial charge in [-0.15, -0.1) is 0 Å². The SMILES string of the molecule is Cc1cc(C(C)(C)C)cc(C)c1CN(CC1CCCO1)C1CCS(=O)(=O)C1. The van der Waals surface area contributed by atoms with Crippen molar-refractivity contribution in [2.75, 3.05) is 24.7 Å². The average Bonchev–Trinajstić information content (AvgIpc) is 3.17. The highest BCUT2D eigenvalue weighted by molar-refractivity contribution is 7.91. The van der Waals surface area contributed by atoms with Crippen LogP contribution in [0.5, 0.6) is 0 Å². The zero-order chi connectivity index (χ0) is 19.8. The second kappa shape index (κ2) is 7.84. The Morgan fingerprint density at radius 1 is 1.15 bits per heavy atom. The number of hydrogen-bond donors (Lipinski definition) is 0. The first-order valence-electron chi connectivity index (χ1n) is 10.2. The number of rotatable bonds is 5. The fourth-order valence-corrected chi connectivity index (χ4v) is 6.10. The topological polar surface area (TPSA) is 46.6 Å². The van der Waals surface area contributed by atoms with Crippen molar-refractivity contribution in [2.24, 2.45) is 0 Å². The summed E-state index contributed by atoms with van der Waals surface area (Å²) in [6.07, 6.45) is 3.17. The molecule has 4 nitrogen and oxygen atoms in total. The molecular weight excluding hydrogens is 358 g/mol. The Morgan fingerprint density at radius 2 is 1.81 bits per heavy atom. The lowest BCUT2D eigenvalue weighted by Gasteiger charge is -2.32. The van der Waals surface area contributed by atoms with Crippen molar-refractivity contribution in [3.63, 3.8) is 0 Å². The molecule has 2 aliphatic heterocycles. The first-order valence-corrected chi connectivity index (χ1v) is 12.0. The van der Waals surface area contributed by atoms with Gasteiger partial charge in [0.15, 0.2) is 9.84 Å². The predicted molar refractivity (Wildman–Crippen MR) is 111 cm³/mol. The quantitative estimate of drug-likeness (QED) is 0.764. The molecule has 1 aromatic rings. The van der Waals surface area contributed by atoms with E-state index in [0.29, 0.717) is 5.75 Å². The number of benzene rings is 1. The third-order valence-corrected chi connectivity index (χ3v) is 7.86. The standard InChI is InChI=1S/C22H35NO3S/c1-16-11-18(22(3,4)5)12-17(2)21(16)14-23(13-20-7-6-9-26-20)19-8-10-27(24,25)15-19/h11-12,19-20H,6-10,13-15H2,1-5H3. The minimum atomic E-state index is -2.90. The molecule has 0 radical (unpaired) electrons. The third-order valence-electron chi connectivity index (χ3n) is 6.11. The lowest BCUT2D eigenvalue weighted by molar-refractivity contribution is 0.0573. The van der Waals surface area contributed by atoms with E-state index in [2.05, 4.69) is 51.7 Å². The van der Waals surface area contributed by atoms with E-state index >= 15 is 0 Å². The maximum atomic E-state index is 12.1. The van der Waals surface area contributed by atoms with Crippen molar-refractivity contribution in [2.45, 2.75) is 78.0 Å². The number of nitrogens with zero attached hydrogens (tertiary/aromatic N) is 1. The normalized spacial score (nSPS) is 25.4. The van der Waals surface area contributed by atoms with Crippen molar-refractivity contribution in [3.05, 3.63) is 34.4 Å². The van der Waals surface area contributed by atoms with Crippen LogP contribution in [0.25, 0.3) is 0 Å². The Kier molecular flexibility index (Phi) is 6.05. The van der Waals surface area contributed by atoms with Crippen LogP contribution in [0.15, 0.2) is 12.1 Å². The molecule has 3 rings (SSSR count). The lowest BCUT2D eigenvalue weighted by atomic mass is 9.83. The largest absolute Gasteiger partial charge is 0.377 e.